The molecule has 90 valence electrons. The molecule has 0 amide bonds. The Labute approximate surface area is 98.8 Å². The van der Waals surface area contributed by atoms with Crippen LogP contribution in [0.15, 0.2) is 22.9 Å². The van der Waals surface area contributed by atoms with Crippen molar-refractivity contribution in [3.8, 4) is 5.88 Å². The molecule has 0 fully saturated rings. The van der Waals surface area contributed by atoms with Gasteiger partial charge in [0.1, 0.15) is 0 Å². The third-order valence-electron chi connectivity index (χ3n) is 2.24. The number of hydrogen-bond donors (Lipinski definition) is 1. The number of ether oxygens (including phenoxy) is 1. The molecule has 2 heterocycles. The fraction of sp³-hybridized carbons (Fsp3) is 0.364. The first-order chi connectivity index (χ1) is 8.19. The van der Waals surface area contributed by atoms with Crippen LogP contribution in [0.4, 0.5) is 0 Å². The van der Waals surface area contributed by atoms with Crippen LogP contribution in [-0.4, -0.2) is 22.2 Å². The molecule has 0 aromatic carbocycles. The third kappa shape index (κ3) is 2.79. The van der Waals surface area contributed by atoms with Gasteiger partial charge in [0.2, 0.25) is 11.8 Å². The average molecular weight is 234 g/mol. The largest absolute Gasteiger partial charge is 0.481 e. The van der Waals surface area contributed by atoms with Crippen LogP contribution < -0.4 is 10.5 Å². The summed E-state index contributed by atoms with van der Waals surface area (Å²) in [5.41, 5.74) is 6.62. The van der Waals surface area contributed by atoms with Crippen molar-refractivity contribution in [2.24, 2.45) is 5.73 Å². The second kappa shape index (κ2) is 4.92. The summed E-state index contributed by atoms with van der Waals surface area (Å²) in [6.07, 6.45) is 2.29. The lowest BCUT2D eigenvalue weighted by molar-refractivity contribution is 0.357. The van der Waals surface area contributed by atoms with Crippen LogP contribution in [0.3, 0.4) is 0 Å². The van der Waals surface area contributed by atoms with Crippen LogP contribution in [0.25, 0.3) is 0 Å². The molecule has 2 N–H and O–H groups in total. The molecule has 6 nitrogen and oxygen atoms in total. The second-order valence-electron chi connectivity index (χ2n) is 3.72. The molecule has 1 atom stereocenters. The monoisotopic (exact) mass is 234 g/mol. The van der Waals surface area contributed by atoms with E-state index in [1.54, 1.807) is 26.3 Å². The van der Waals surface area contributed by atoms with E-state index >= 15 is 0 Å². The maximum Gasteiger partial charge on any atom is 0.243 e. The highest BCUT2D eigenvalue weighted by atomic mass is 16.5. The van der Waals surface area contributed by atoms with Gasteiger partial charge in [0.05, 0.1) is 13.2 Å². The van der Waals surface area contributed by atoms with E-state index in [1.807, 2.05) is 6.07 Å². The van der Waals surface area contributed by atoms with Gasteiger partial charge in [0, 0.05) is 18.7 Å². The van der Waals surface area contributed by atoms with E-state index in [4.69, 9.17) is 15.0 Å². The zero-order valence-electron chi connectivity index (χ0n) is 9.75. The Morgan fingerprint density at radius 1 is 1.47 bits per heavy atom. The van der Waals surface area contributed by atoms with Gasteiger partial charge in [-0.05, 0) is 12.5 Å². The number of hydrogen-bond acceptors (Lipinski definition) is 6. The maximum atomic E-state index is 5.63. The Morgan fingerprint density at radius 2 is 2.29 bits per heavy atom. The topological polar surface area (TPSA) is 87.1 Å². The molecule has 0 aliphatic carbocycles. The number of pyridine rings is 1. The molecular formula is C11H14N4O2. The van der Waals surface area contributed by atoms with Crippen LogP contribution >= 0.6 is 0 Å². The standard InChI is InChI=1S/C11H14N4O2/c1-7(12)11-14-9(15-17-11)5-8-3-4-10(16-2)13-6-8/h3-4,6-7H,5,12H2,1-2H3/t7-/m0/s1. The average Bonchev–Trinajstić information content (AvgIpc) is 2.79. The minimum atomic E-state index is -0.245. The zero-order chi connectivity index (χ0) is 12.3. The van der Waals surface area contributed by atoms with E-state index in [1.165, 1.54) is 0 Å². The van der Waals surface area contributed by atoms with Gasteiger partial charge < -0.3 is 15.0 Å². The molecule has 0 radical (unpaired) electrons. The smallest absolute Gasteiger partial charge is 0.243 e. The molecular weight excluding hydrogens is 220 g/mol. The molecule has 17 heavy (non-hydrogen) atoms. The first-order valence-corrected chi connectivity index (χ1v) is 5.26. The van der Waals surface area contributed by atoms with Crippen molar-refractivity contribution < 1.29 is 9.26 Å². The molecule has 6 heteroatoms. The highest BCUT2D eigenvalue weighted by molar-refractivity contribution is 5.20. The first-order valence-electron chi connectivity index (χ1n) is 5.26. The minimum Gasteiger partial charge on any atom is -0.481 e. The number of nitrogens with zero attached hydrogens (tertiary/aromatic N) is 3. The lowest BCUT2D eigenvalue weighted by atomic mass is 10.2. The lowest BCUT2D eigenvalue weighted by Gasteiger charge is -1.99. The summed E-state index contributed by atoms with van der Waals surface area (Å²) in [4.78, 5) is 8.29. The number of methoxy groups -OCH3 is 1. The summed E-state index contributed by atoms with van der Waals surface area (Å²) < 4.78 is 9.99. The Morgan fingerprint density at radius 3 is 2.82 bits per heavy atom. The zero-order valence-corrected chi connectivity index (χ0v) is 9.75. The fourth-order valence-corrected chi connectivity index (χ4v) is 1.34. The maximum absolute atomic E-state index is 5.63. The SMILES string of the molecule is COc1ccc(Cc2noc([C@H](C)N)n2)cn1. The molecule has 0 aliphatic heterocycles. The van der Waals surface area contributed by atoms with Crippen LogP contribution in [0, 0.1) is 0 Å². The third-order valence-corrected chi connectivity index (χ3v) is 2.24. The Kier molecular flexibility index (Phi) is 3.34. The van der Waals surface area contributed by atoms with Gasteiger partial charge in [-0.15, -0.1) is 0 Å². The molecule has 2 rings (SSSR count). The predicted molar refractivity (Wildman–Crippen MR) is 60.5 cm³/mol. The highest BCUT2D eigenvalue weighted by Gasteiger charge is 2.10. The summed E-state index contributed by atoms with van der Waals surface area (Å²) in [6, 6.07) is 3.46. The van der Waals surface area contributed by atoms with Gasteiger partial charge in [0.15, 0.2) is 5.82 Å². The highest BCUT2D eigenvalue weighted by Crippen LogP contribution is 2.12. The Hall–Kier alpha value is -1.95. The molecule has 2 aromatic rings. The Balaban J connectivity index is 2.08. The van der Waals surface area contributed by atoms with Crippen molar-refractivity contribution in [2.45, 2.75) is 19.4 Å². The number of rotatable bonds is 4. The predicted octanol–water partition coefficient (Wildman–Crippen LogP) is 1.08. The minimum absolute atomic E-state index is 0.245. The van der Waals surface area contributed by atoms with Gasteiger partial charge in [-0.3, -0.25) is 0 Å². The van der Waals surface area contributed by atoms with Crippen molar-refractivity contribution in [3.05, 3.63) is 35.6 Å². The lowest BCUT2D eigenvalue weighted by Crippen LogP contribution is -2.05. The summed E-state index contributed by atoms with van der Waals surface area (Å²) >= 11 is 0. The first kappa shape index (κ1) is 11.5. The molecule has 0 saturated heterocycles. The van der Waals surface area contributed by atoms with E-state index in [0.717, 1.165) is 5.56 Å². The van der Waals surface area contributed by atoms with Crippen LogP contribution in [0.5, 0.6) is 5.88 Å². The molecule has 0 unspecified atom stereocenters. The summed E-state index contributed by atoms with van der Waals surface area (Å²) in [5.74, 6) is 1.63. The molecule has 0 saturated carbocycles. The van der Waals surface area contributed by atoms with Crippen molar-refractivity contribution in [2.75, 3.05) is 7.11 Å². The van der Waals surface area contributed by atoms with Gasteiger partial charge in [-0.2, -0.15) is 4.98 Å². The molecule has 0 aliphatic rings. The van der Waals surface area contributed by atoms with Gasteiger partial charge in [-0.1, -0.05) is 11.2 Å². The van der Waals surface area contributed by atoms with Gasteiger partial charge in [-0.25, -0.2) is 4.98 Å². The second-order valence-corrected chi connectivity index (χ2v) is 3.72. The molecule has 0 bridgehead atoms. The van der Waals surface area contributed by atoms with Crippen molar-refractivity contribution >= 4 is 0 Å². The normalized spacial score (nSPS) is 12.4. The van der Waals surface area contributed by atoms with E-state index < -0.39 is 0 Å². The number of aromatic nitrogens is 3. The van der Waals surface area contributed by atoms with Crippen molar-refractivity contribution in [3.63, 3.8) is 0 Å². The van der Waals surface area contributed by atoms with Crippen molar-refractivity contribution in [1.82, 2.24) is 15.1 Å². The Bertz CT molecular complexity index is 478. The van der Waals surface area contributed by atoms with E-state index in [0.29, 0.717) is 24.0 Å². The molecule has 2 aromatic heterocycles. The van der Waals surface area contributed by atoms with E-state index in [-0.39, 0.29) is 6.04 Å². The summed E-state index contributed by atoms with van der Waals surface area (Å²) in [7, 11) is 1.58. The fourth-order valence-electron chi connectivity index (χ4n) is 1.34. The van der Waals surface area contributed by atoms with Crippen LogP contribution in [-0.2, 0) is 6.42 Å². The molecule has 0 spiro atoms. The van der Waals surface area contributed by atoms with Crippen LogP contribution in [0.2, 0.25) is 0 Å². The number of nitrogens with two attached hydrogens (primary N) is 1. The van der Waals surface area contributed by atoms with Gasteiger partial charge >= 0.3 is 0 Å². The van der Waals surface area contributed by atoms with Crippen molar-refractivity contribution in [1.29, 1.82) is 0 Å². The quantitative estimate of drug-likeness (QED) is 0.851. The van der Waals surface area contributed by atoms with E-state index in [2.05, 4.69) is 15.1 Å². The summed E-state index contributed by atoms with van der Waals surface area (Å²) in [6.45, 7) is 1.80. The van der Waals surface area contributed by atoms with E-state index in [9.17, 15) is 0 Å². The van der Waals surface area contributed by atoms with Gasteiger partial charge in [0.25, 0.3) is 0 Å². The summed E-state index contributed by atoms with van der Waals surface area (Å²) in [5, 5.41) is 3.85. The van der Waals surface area contributed by atoms with Crippen LogP contribution in [0.1, 0.15) is 30.2 Å².